The van der Waals surface area contributed by atoms with Crippen LogP contribution in [0.5, 0.6) is 0 Å². The summed E-state index contributed by atoms with van der Waals surface area (Å²) in [5, 5.41) is 5.53. The Hall–Kier alpha value is -3.39. The minimum absolute atomic E-state index is 0.183. The molecule has 152 valence electrons. The van der Waals surface area contributed by atoms with E-state index in [-0.39, 0.29) is 18.0 Å². The highest BCUT2D eigenvalue weighted by Gasteiger charge is 2.17. The first-order chi connectivity index (χ1) is 13.8. The molecule has 0 aliphatic rings. The molecule has 29 heavy (non-hydrogen) atoms. The average Bonchev–Trinajstić information content (AvgIpc) is 2.67. The molecule has 0 radical (unpaired) electrons. The number of hydrogen-bond donors (Lipinski definition) is 2. The van der Waals surface area contributed by atoms with Crippen molar-refractivity contribution in [3.8, 4) is 0 Å². The SMILES string of the molecule is CC(=O)Nc1cccc(C(=O)OCC(=O)N(C)CC(=O)Nc2ccccc2Cl)c1. The summed E-state index contributed by atoms with van der Waals surface area (Å²) in [5.41, 5.74) is 1.06. The van der Waals surface area contributed by atoms with Gasteiger partial charge in [-0.2, -0.15) is 0 Å². The fourth-order valence-corrected chi connectivity index (χ4v) is 2.49. The predicted octanol–water partition coefficient (Wildman–Crippen LogP) is 2.55. The zero-order chi connectivity index (χ0) is 21.4. The van der Waals surface area contributed by atoms with Crippen LogP contribution in [0.3, 0.4) is 0 Å². The number of ether oxygens (including phenoxy) is 1. The lowest BCUT2D eigenvalue weighted by molar-refractivity contribution is -0.136. The van der Waals surface area contributed by atoms with Gasteiger partial charge in [-0.05, 0) is 30.3 Å². The normalized spacial score (nSPS) is 10.0. The van der Waals surface area contributed by atoms with E-state index in [1.807, 2.05) is 0 Å². The molecule has 8 nitrogen and oxygen atoms in total. The monoisotopic (exact) mass is 417 g/mol. The minimum Gasteiger partial charge on any atom is -0.452 e. The van der Waals surface area contributed by atoms with Crippen LogP contribution in [-0.2, 0) is 19.1 Å². The molecule has 0 unspecified atom stereocenters. The summed E-state index contributed by atoms with van der Waals surface area (Å²) in [6, 6.07) is 12.9. The largest absolute Gasteiger partial charge is 0.452 e. The summed E-state index contributed by atoms with van der Waals surface area (Å²) >= 11 is 5.97. The van der Waals surface area contributed by atoms with Crippen molar-refractivity contribution in [3.05, 3.63) is 59.1 Å². The highest BCUT2D eigenvalue weighted by molar-refractivity contribution is 6.33. The zero-order valence-electron chi connectivity index (χ0n) is 15.9. The molecule has 2 aromatic carbocycles. The van der Waals surface area contributed by atoms with Crippen molar-refractivity contribution in [2.75, 3.05) is 30.8 Å². The fraction of sp³-hybridized carbons (Fsp3) is 0.200. The number of anilines is 2. The molecule has 3 amide bonds. The number of nitrogens with zero attached hydrogens (tertiary/aromatic N) is 1. The van der Waals surface area contributed by atoms with Gasteiger partial charge in [-0.1, -0.05) is 29.8 Å². The summed E-state index contributed by atoms with van der Waals surface area (Å²) in [6.45, 7) is 0.583. The van der Waals surface area contributed by atoms with Gasteiger partial charge in [0.25, 0.3) is 5.91 Å². The Morgan fingerprint density at radius 2 is 1.76 bits per heavy atom. The van der Waals surface area contributed by atoms with Crippen molar-refractivity contribution in [3.63, 3.8) is 0 Å². The van der Waals surface area contributed by atoms with Gasteiger partial charge < -0.3 is 20.3 Å². The van der Waals surface area contributed by atoms with Crippen LogP contribution in [0.2, 0.25) is 5.02 Å². The quantitative estimate of drug-likeness (QED) is 0.673. The maximum Gasteiger partial charge on any atom is 0.338 e. The van der Waals surface area contributed by atoms with Crippen LogP contribution in [0.25, 0.3) is 0 Å². The number of halogens is 1. The fourth-order valence-electron chi connectivity index (χ4n) is 2.30. The Labute approximate surface area is 172 Å². The van der Waals surface area contributed by atoms with Crippen LogP contribution in [0.1, 0.15) is 17.3 Å². The third-order valence-corrected chi connectivity index (χ3v) is 4.03. The maximum atomic E-state index is 12.1. The summed E-state index contributed by atoms with van der Waals surface area (Å²) in [5.74, 6) is -1.99. The lowest BCUT2D eigenvalue weighted by atomic mass is 10.2. The van der Waals surface area contributed by atoms with Gasteiger partial charge in [0.05, 0.1) is 22.8 Å². The molecule has 0 fully saturated rings. The van der Waals surface area contributed by atoms with Gasteiger partial charge in [0.2, 0.25) is 11.8 Å². The summed E-state index contributed by atoms with van der Waals surface area (Å²) in [6.07, 6.45) is 0. The standard InChI is InChI=1S/C20H20ClN3O5/c1-13(25)22-15-7-5-6-14(10-15)20(28)29-12-19(27)24(2)11-18(26)23-17-9-4-3-8-16(17)21/h3-10H,11-12H2,1-2H3,(H,22,25)(H,23,26). The molecular weight excluding hydrogens is 398 g/mol. The van der Waals surface area contributed by atoms with Crippen molar-refractivity contribution in [2.24, 2.45) is 0 Å². The Kier molecular flexibility index (Phi) is 7.73. The van der Waals surface area contributed by atoms with Crippen LogP contribution in [0.4, 0.5) is 11.4 Å². The number of esters is 1. The smallest absolute Gasteiger partial charge is 0.338 e. The van der Waals surface area contributed by atoms with E-state index >= 15 is 0 Å². The lowest BCUT2D eigenvalue weighted by Gasteiger charge is -2.17. The second-order valence-electron chi connectivity index (χ2n) is 6.12. The first-order valence-corrected chi connectivity index (χ1v) is 8.97. The van der Waals surface area contributed by atoms with Crippen molar-refractivity contribution in [1.82, 2.24) is 4.90 Å². The molecule has 0 saturated carbocycles. The van der Waals surface area contributed by atoms with Crippen molar-refractivity contribution in [2.45, 2.75) is 6.92 Å². The Bertz CT molecular complexity index is 932. The number of carbonyl (C=O) groups is 4. The molecule has 0 aromatic heterocycles. The number of carbonyl (C=O) groups excluding carboxylic acids is 4. The molecule has 9 heteroatoms. The molecule has 2 rings (SSSR count). The van der Waals surface area contributed by atoms with E-state index in [4.69, 9.17) is 16.3 Å². The number of benzene rings is 2. The van der Waals surface area contributed by atoms with Gasteiger partial charge in [-0.3, -0.25) is 14.4 Å². The third kappa shape index (κ3) is 6.93. The van der Waals surface area contributed by atoms with Crippen LogP contribution in [-0.4, -0.2) is 48.8 Å². The minimum atomic E-state index is -0.723. The molecule has 0 atom stereocenters. The summed E-state index contributed by atoms with van der Waals surface area (Å²) in [4.78, 5) is 48.5. The van der Waals surface area contributed by atoms with Gasteiger partial charge in [-0.15, -0.1) is 0 Å². The zero-order valence-corrected chi connectivity index (χ0v) is 16.7. The molecule has 0 saturated heterocycles. The molecule has 2 N–H and O–H groups in total. The Morgan fingerprint density at radius 3 is 2.45 bits per heavy atom. The highest BCUT2D eigenvalue weighted by atomic mass is 35.5. The van der Waals surface area contributed by atoms with Gasteiger partial charge in [0.15, 0.2) is 6.61 Å². The number of para-hydroxylation sites is 1. The third-order valence-electron chi connectivity index (χ3n) is 3.70. The Morgan fingerprint density at radius 1 is 1.03 bits per heavy atom. The van der Waals surface area contributed by atoms with E-state index in [0.717, 1.165) is 4.90 Å². The van der Waals surface area contributed by atoms with Gasteiger partial charge in [0.1, 0.15) is 0 Å². The topological polar surface area (TPSA) is 105 Å². The first kappa shape index (κ1) is 21.9. The number of amides is 3. The van der Waals surface area contributed by atoms with Gasteiger partial charge in [0, 0.05) is 19.7 Å². The Balaban J connectivity index is 1.85. The van der Waals surface area contributed by atoms with E-state index in [9.17, 15) is 19.2 Å². The van der Waals surface area contributed by atoms with E-state index in [0.29, 0.717) is 16.4 Å². The number of likely N-dealkylation sites (N-methyl/N-ethyl adjacent to an activating group) is 1. The molecule has 0 aliphatic carbocycles. The van der Waals surface area contributed by atoms with E-state index < -0.39 is 24.4 Å². The lowest BCUT2D eigenvalue weighted by Crippen LogP contribution is -2.37. The van der Waals surface area contributed by atoms with Crippen LogP contribution >= 0.6 is 11.6 Å². The van der Waals surface area contributed by atoms with E-state index in [1.165, 1.54) is 26.1 Å². The van der Waals surface area contributed by atoms with Crippen LogP contribution < -0.4 is 10.6 Å². The van der Waals surface area contributed by atoms with Crippen LogP contribution in [0.15, 0.2) is 48.5 Å². The average molecular weight is 418 g/mol. The van der Waals surface area contributed by atoms with E-state index in [2.05, 4.69) is 10.6 Å². The molecular formula is C20H20ClN3O5. The molecule has 0 spiro atoms. The molecule has 0 aliphatic heterocycles. The number of nitrogens with one attached hydrogen (secondary N) is 2. The van der Waals surface area contributed by atoms with E-state index in [1.54, 1.807) is 36.4 Å². The maximum absolute atomic E-state index is 12.1. The van der Waals surface area contributed by atoms with Gasteiger partial charge >= 0.3 is 5.97 Å². The van der Waals surface area contributed by atoms with Crippen LogP contribution in [0, 0.1) is 0 Å². The van der Waals surface area contributed by atoms with Gasteiger partial charge in [-0.25, -0.2) is 4.79 Å². The molecule has 0 bridgehead atoms. The van der Waals surface area contributed by atoms with Crippen molar-refractivity contribution in [1.29, 1.82) is 0 Å². The predicted molar refractivity (Wildman–Crippen MR) is 109 cm³/mol. The number of hydrogen-bond acceptors (Lipinski definition) is 5. The second kappa shape index (κ2) is 10.2. The van der Waals surface area contributed by atoms with Crippen molar-refractivity contribution < 1.29 is 23.9 Å². The molecule has 2 aromatic rings. The first-order valence-electron chi connectivity index (χ1n) is 8.59. The second-order valence-corrected chi connectivity index (χ2v) is 6.52. The summed E-state index contributed by atoms with van der Waals surface area (Å²) < 4.78 is 4.99. The summed E-state index contributed by atoms with van der Waals surface area (Å²) in [7, 11) is 1.42. The highest BCUT2D eigenvalue weighted by Crippen LogP contribution is 2.20. The van der Waals surface area contributed by atoms with Crippen molar-refractivity contribution >= 4 is 46.7 Å². The molecule has 0 heterocycles. The number of rotatable bonds is 7.